The lowest BCUT2D eigenvalue weighted by Gasteiger charge is -2.03. The Morgan fingerprint density at radius 2 is 2.00 bits per heavy atom. The Hall–Kier alpha value is -2.37. The zero-order valence-corrected chi connectivity index (χ0v) is 8.52. The van der Waals surface area contributed by atoms with Gasteiger partial charge in [0, 0.05) is 17.8 Å². The van der Waals surface area contributed by atoms with Crippen molar-refractivity contribution in [2.75, 3.05) is 5.32 Å². The molecular weight excluding hydrogens is 228 g/mol. The standard InChI is InChI=1S/C11H7F2N3O/c12-8-1-2-10(15-6-8)16-11(17)7-3-4-14-9(13)5-7/h1-6H,(H,15,16,17). The summed E-state index contributed by atoms with van der Waals surface area (Å²) in [5, 5.41) is 2.40. The van der Waals surface area contributed by atoms with Gasteiger partial charge in [-0.1, -0.05) is 0 Å². The Morgan fingerprint density at radius 1 is 1.18 bits per heavy atom. The molecule has 0 atom stereocenters. The molecule has 0 aliphatic rings. The van der Waals surface area contributed by atoms with Crippen LogP contribution in [0.5, 0.6) is 0 Å². The van der Waals surface area contributed by atoms with E-state index in [1.165, 1.54) is 18.3 Å². The first kappa shape index (κ1) is 11.1. The van der Waals surface area contributed by atoms with Crippen LogP contribution in [0.25, 0.3) is 0 Å². The minimum Gasteiger partial charge on any atom is -0.307 e. The van der Waals surface area contributed by atoms with Gasteiger partial charge < -0.3 is 5.32 Å². The molecule has 0 saturated heterocycles. The summed E-state index contributed by atoms with van der Waals surface area (Å²) < 4.78 is 25.3. The third kappa shape index (κ3) is 2.81. The molecule has 0 unspecified atom stereocenters. The Morgan fingerprint density at radius 3 is 2.65 bits per heavy atom. The average Bonchev–Trinajstić information content (AvgIpc) is 2.32. The largest absolute Gasteiger partial charge is 0.307 e. The Balaban J connectivity index is 2.14. The van der Waals surface area contributed by atoms with E-state index in [9.17, 15) is 13.6 Å². The number of amides is 1. The molecule has 0 spiro atoms. The maximum absolute atomic E-state index is 12.8. The molecule has 0 bridgehead atoms. The van der Waals surface area contributed by atoms with Crippen LogP contribution in [0.4, 0.5) is 14.6 Å². The van der Waals surface area contributed by atoms with E-state index in [2.05, 4.69) is 15.3 Å². The van der Waals surface area contributed by atoms with Crippen LogP contribution in [-0.4, -0.2) is 15.9 Å². The SMILES string of the molecule is O=C(Nc1ccc(F)cn1)c1ccnc(F)c1. The smallest absolute Gasteiger partial charge is 0.257 e. The van der Waals surface area contributed by atoms with Gasteiger partial charge in [-0.3, -0.25) is 4.79 Å². The van der Waals surface area contributed by atoms with Crippen LogP contribution < -0.4 is 5.32 Å². The molecule has 0 fully saturated rings. The molecule has 4 nitrogen and oxygen atoms in total. The molecule has 2 heterocycles. The van der Waals surface area contributed by atoms with Gasteiger partial charge in [0.25, 0.3) is 5.91 Å². The van der Waals surface area contributed by atoms with Crippen molar-refractivity contribution < 1.29 is 13.6 Å². The van der Waals surface area contributed by atoms with Crippen LogP contribution in [0.3, 0.4) is 0 Å². The number of hydrogen-bond acceptors (Lipinski definition) is 3. The highest BCUT2D eigenvalue weighted by Gasteiger charge is 2.07. The average molecular weight is 235 g/mol. The molecule has 0 radical (unpaired) electrons. The predicted octanol–water partition coefficient (Wildman–Crippen LogP) is 2.01. The number of rotatable bonds is 2. The van der Waals surface area contributed by atoms with Gasteiger partial charge in [-0.25, -0.2) is 14.4 Å². The second-order valence-corrected chi connectivity index (χ2v) is 3.18. The van der Waals surface area contributed by atoms with E-state index in [1.807, 2.05) is 0 Å². The molecule has 0 aromatic carbocycles. The van der Waals surface area contributed by atoms with Gasteiger partial charge in [-0.15, -0.1) is 0 Å². The number of pyridine rings is 2. The summed E-state index contributed by atoms with van der Waals surface area (Å²) in [7, 11) is 0. The molecule has 6 heteroatoms. The molecule has 2 aromatic rings. The lowest BCUT2D eigenvalue weighted by atomic mass is 10.2. The summed E-state index contributed by atoms with van der Waals surface area (Å²) in [6.07, 6.45) is 2.16. The van der Waals surface area contributed by atoms with Crippen LogP contribution in [0, 0.1) is 11.8 Å². The number of carbonyl (C=O) groups is 1. The quantitative estimate of drug-likeness (QED) is 0.810. The monoisotopic (exact) mass is 235 g/mol. The zero-order chi connectivity index (χ0) is 12.3. The van der Waals surface area contributed by atoms with Gasteiger partial charge in [-0.2, -0.15) is 4.39 Å². The second-order valence-electron chi connectivity index (χ2n) is 3.18. The van der Waals surface area contributed by atoms with Crippen molar-refractivity contribution in [3.63, 3.8) is 0 Å². The molecule has 2 rings (SSSR count). The third-order valence-corrected chi connectivity index (χ3v) is 1.96. The van der Waals surface area contributed by atoms with Crippen LogP contribution >= 0.6 is 0 Å². The number of aromatic nitrogens is 2. The van der Waals surface area contributed by atoms with E-state index >= 15 is 0 Å². The van der Waals surface area contributed by atoms with Gasteiger partial charge in [0.2, 0.25) is 5.95 Å². The molecule has 17 heavy (non-hydrogen) atoms. The van der Waals surface area contributed by atoms with E-state index in [0.29, 0.717) is 0 Å². The van der Waals surface area contributed by atoms with E-state index in [1.54, 1.807) is 0 Å². The van der Waals surface area contributed by atoms with Gasteiger partial charge in [0.05, 0.1) is 6.20 Å². The summed E-state index contributed by atoms with van der Waals surface area (Å²) in [6, 6.07) is 4.83. The summed E-state index contributed by atoms with van der Waals surface area (Å²) in [5.74, 6) is -1.60. The van der Waals surface area contributed by atoms with Crippen molar-refractivity contribution in [1.29, 1.82) is 0 Å². The molecule has 0 aliphatic carbocycles. The number of nitrogens with zero attached hydrogens (tertiary/aromatic N) is 2. The van der Waals surface area contributed by atoms with Crippen molar-refractivity contribution in [1.82, 2.24) is 9.97 Å². The molecular formula is C11H7F2N3O. The molecule has 0 aliphatic heterocycles. The Kier molecular flexibility index (Phi) is 3.04. The molecule has 86 valence electrons. The highest BCUT2D eigenvalue weighted by molar-refractivity contribution is 6.03. The Labute approximate surface area is 95.3 Å². The summed E-state index contributed by atoms with van der Waals surface area (Å²) in [6.45, 7) is 0. The summed E-state index contributed by atoms with van der Waals surface area (Å²) in [4.78, 5) is 18.6. The van der Waals surface area contributed by atoms with Gasteiger partial charge >= 0.3 is 0 Å². The zero-order valence-electron chi connectivity index (χ0n) is 8.52. The van der Waals surface area contributed by atoms with Crippen molar-refractivity contribution in [3.8, 4) is 0 Å². The van der Waals surface area contributed by atoms with Crippen molar-refractivity contribution in [2.24, 2.45) is 0 Å². The number of anilines is 1. The van der Waals surface area contributed by atoms with Crippen LogP contribution in [0.1, 0.15) is 10.4 Å². The summed E-state index contributed by atoms with van der Waals surface area (Å²) in [5.41, 5.74) is 0.114. The maximum Gasteiger partial charge on any atom is 0.257 e. The van der Waals surface area contributed by atoms with E-state index < -0.39 is 17.7 Å². The fraction of sp³-hybridized carbons (Fsp3) is 0. The normalized spacial score (nSPS) is 10.0. The topological polar surface area (TPSA) is 54.9 Å². The lowest BCUT2D eigenvalue weighted by molar-refractivity contribution is 0.102. The van der Waals surface area contributed by atoms with E-state index in [-0.39, 0.29) is 11.4 Å². The fourth-order valence-corrected chi connectivity index (χ4v) is 1.18. The first-order valence-corrected chi connectivity index (χ1v) is 4.69. The molecule has 1 amide bonds. The fourth-order valence-electron chi connectivity index (χ4n) is 1.18. The number of hydrogen-bond donors (Lipinski definition) is 1. The minimum absolute atomic E-state index is 0.114. The predicted molar refractivity (Wildman–Crippen MR) is 56.3 cm³/mol. The van der Waals surface area contributed by atoms with E-state index in [4.69, 9.17) is 0 Å². The van der Waals surface area contributed by atoms with Crippen molar-refractivity contribution >= 4 is 11.7 Å². The van der Waals surface area contributed by atoms with Gasteiger partial charge in [-0.05, 0) is 18.2 Å². The third-order valence-electron chi connectivity index (χ3n) is 1.96. The lowest BCUT2D eigenvalue weighted by Crippen LogP contribution is -2.13. The second kappa shape index (κ2) is 4.65. The molecule has 2 aromatic heterocycles. The number of carbonyl (C=O) groups excluding carboxylic acids is 1. The maximum atomic E-state index is 12.8. The first-order chi connectivity index (χ1) is 8.15. The van der Waals surface area contributed by atoms with Gasteiger partial charge in [0.1, 0.15) is 11.6 Å². The van der Waals surface area contributed by atoms with Gasteiger partial charge in [0.15, 0.2) is 0 Å². The summed E-state index contributed by atoms with van der Waals surface area (Å²) >= 11 is 0. The minimum atomic E-state index is -0.746. The van der Waals surface area contributed by atoms with Crippen LogP contribution in [0.2, 0.25) is 0 Å². The highest BCUT2D eigenvalue weighted by atomic mass is 19.1. The highest BCUT2D eigenvalue weighted by Crippen LogP contribution is 2.07. The van der Waals surface area contributed by atoms with Crippen molar-refractivity contribution in [3.05, 3.63) is 54.0 Å². The number of nitrogens with one attached hydrogen (secondary N) is 1. The van der Waals surface area contributed by atoms with Crippen molar-refractivity contribution in [2.45, 2.75) is 0 Å². The molecule has 1 N–H and O–H groups in total. The molecule has 0 saturated carbocycles. The van der Waals surface area contributed by atoms with Crippen LogP contribution in [0.15, 0.2) is 36.7 Å². The van der Waals surface area contributed by atoms with E-state index in [0.717, 1.165) is 18.3 Å². The first-order valence-electron chi connectivity index (χ1n) is 4.69. The number of halogens is 2. The Bertz CT molecular complexity index is 543. The van der Waals surface area contributed by atoms with Crippen LogP contribution in [-0.2, 0) is 0 Å².